The van der Waals surface area contributed by atoms with Crippen molar-refractivity contribution >= 4 is 45.2 Å². The van der Waals surface area contributed by atoms with Crippen molar-refractivity contribution in [2.24, 2.45) is 0 Å². The molecule has 1 nitrogen and oxygen atoms in total. The van der Waals surface area contributed by atoms with Crippen molar-refractivity contribution in [2.75, 3.05) is 4.43 Å². The number of furan rings is 1. The molecule has 0 bridgehead atoms. The van der Waals surface area contributed by atoms with Crippen LogP contribution in [0.2, 0.25) is 0 Å². The topological polar surface area (TPSA) is 13.1 Å². The molecular formula is C6H6I2O. The first-order valence-corrected chi connectivity index (χ1v) is 5.23. The van der Waals surface area contributed by atoms with E-state index in [1.54, 1.807) is 0 Å². The summed E-state index contributed by atoms with van der Waals surface area (Å²) in [7, 11) is 0. The summed E-state index contributed by atoms with van der Waals surface area (Å²) in [6, 6.07) is 4.02. The molecule has 0 aliphatic rings. The van der Waals surface area contributed by atoms with E-state index < -0.39 is 0 Å². The van der Waals surface area contributed by atoms with Gasteiger partial charge in [0.25, 0.3) is 0 Å². The summed E-state index contributed by atoms with van der Waals surface area (Å²) in [5, 5.41) is 0. The molecule has 0 saturated carbocycles. The van der Waals surface area contributed by atoms with Gasteiger partial charge in [0.15, 0.2) is 3.77 Å². The lowest BCUT2D eigenvalue weighted by atomic mass is 10.4. The van der Waals surface area contributed by atoms with Crippen LogP contribution in [0.4, 0.5) is 0 Å². The van der Waals surface area contributed by atoms with Crippen LogP contribution in [0.3, 0.4) is 0 Å². The predicted molar refractivity (Wildman–Crippen MR) is 54.0 cm³/mol. The summed E-state index contributed by atoms with van der Waals surface area (Å²) >= 11 is 4.51. The summed E-state index contributed by atoms with van der Waals surface area (Å²) in [6.45, 7) is 0. The number of aryl methyl sites for hydroxylation is 1. The van der Waals surface area contributed by atoms with Gasteiger partial charge in [-0.2, -0.15) is 0 Å². The lowest BCUT2D eigenvalue weighted by Gasteiger charge is -1.86. The van der Waals surface area contributed by atoms with E-state index >= 15 is 0 Å². The second kappa shape index (κ2) is 3.80. The van der Waals surface area contributed by atoms with Crippen molar-refractivity contribution < 1.29 is 4.42 Å². The Bertz CT molecular complexity index is 183. The molecule has 9 heavy (non-hydrogen) atoms. The van der Waals surface area contributed by atoms with E-state index in [2.05, 4.69) is 45.2 Å². The van der Waals surface area contributed by atoms with Crippen LogP contribution < -0.4 is 0 Å². The molecule has 0 radical (unpaired) electrons. The molecule has 0 saturated heterocycles. The largest absolute Gasteiger partial charge is 0.455 e. The van der Waals surface area contributed by atoms with Gasteiger partial charge in [0.05, 0.1) is 0 Å². The lowest BCUT2D eigenvalue weighted by molar-refractivity contribution is 0.493. The first kappa shape index (κ1) is 7.84. The van der Waals surface area contributed by atoms with Crippen molar-refractivity contribution in [3.05, 3.63) is 21.7 Å². The Labute approximate surface area is 81.5 Å². The summed E-state index contributed by atoms with van der Waals surface area (Å²) in [4.78, 5) is 0. The van der Waals surface area contributed by atoms with Gasteiger partial charge in [-0.05, 0) is 34.7 Å². The zero-order chi connectivity index (χ0) is 6.69. The van der Waals surface area contributed by atoms with Crippen molar-refractivity contribution in [2.45, 2.75) is 6.42 Å². The van der Waals surface area contributed by atoms with Crippen LogP contribution >= 0.6 is 45.2 Å². The van der Waals surface area contributed by atoms with Crippen molar-refractivity contribution in [1.29, 1.82) is 0 Å². The molecule has 1 rings (SSSR count). The van der Waals surface area contributed by atoms with Crippen molar-refractivity contribution in [3.63, 3.8) is 0 Å². The van der Waals surface area contributed by atoms with E-state index in [1.165, 1.54) is 0 Å². The zero-order valence-corrected chi connectivity index (χ0v) is 9.05. The van der Waals surface area contributed by atoms with E-state index in [0.717, 1.165) is 20.4 Å². The second-order valence-corrected chi connectivity index (χ2v) is 3.79. The molecule has 1 heterocycles. The SMILES string of the molecule is ICCc1ccc(I)o1. The van der Waals surface area contributed by atoms with Crippen LogP contribution in [0.15, 0.2) is 16.5 Å². The van der Waals surface area contributed by atoms with Gasteiger partial charge in [0, 0.05) is 10.8 Å². The molecule has 0 aliphatic heterocycles. The quantitative estimate of drug-likeness (QED) is 0.592. The Morgan fingerprint density at radius 3 is 2.67 bits per heavy atom. The highest BCUT2D eigenvalue weighted by molar-refractivity contribution is 14.1. The summed E-state index contributed by atoms with van der Waals surface area (Å²) < 4.78 is 7.41. The fourth-order valence-electron chi connectivity index (χ4n) is 0.579. The maximum absolute atomic E-state index is 5.31. The van der Waals surface area contributed by atoms with E-state index in [4.69, 9.17) is 4.42 Å². The minimum atomic E-state index is 0.979. The van der Waals surface area contributed by atoms with E-state index in [1.807, 2.05) is 12.1 Å². The van der Waals surface area contributed by atoms with Crippen LogP contribution in [-0.2, 0) is 6.42 Å². The molecule has 50 valence electrons. The molecule has 0 spiro atoms. The van der Waals surface area contributed by atoms with Crippen LogP contribution in [0.25, 0.3) is 0 Å². The number of halogens is 2. The van der Waals surface area contributed by atoms with Gasteiger partial charge in [-0.15, -0.1) is 0 Å². The average Bonchev–Trinajstić information content (AvgIpc) is 2.17. The Hall–Kier alpha value is 0.740. The van der Waals surface area contributed by atoms with Crippen molar-refractivity contribution in [1.82, 2.24) is 0 Å². The standard InChI is InChI=1S/C6H6I2O/c7-4-3-5-1-2-6(8)9-5/h1-2H,3-4H2. The first-order valence-electron chi connectivity index (χ1n) is 2.63. The van der Waals surface area contributed by atoms with E-state index in [0.29, 0.717) is 0 Å². The third-order valence-electron chi connectivity index (χ3n) is 0.970. The highest BCUT2D eigenvalue weighted by Crippen LogP contribution is 2.10. The molecule has 0 atom stereocenters. The summed E-state index contributed by atoms with van der Waals surface area (Å²) in [5.74, 6) is 1.09. The number of hydrogen-bond acceptors (Lipinski definition) is 1. The van der Waals surface area contributed by atoms with Crippen LogP contribution in [-0.4, -0.2) is 4.43 Å². The Morgan fingerprint density at radius 2 is 2.22 bits per heavy atom. The van der Waals surface area contributed by atoms with Crippen LogP contribution in [0, 0.1) is 3.77 Å². The number of alkyl halides is 1. The molecule has 0 N–H and O–H groups in total. The fourth-order valence-corrected chi connectivity index (χ4v) is 1.57. The third kappa shape index (κ3) is 2.45. The molecule has 0 aliphatic carbocycles. The Morgan fingerprint density at radius 1 is 1.44 bits per heavy atom. The smallest absolute Gasteiger partial charge is 0.163 e. The molecule has 0 amide bonds. The monoisotopic (exact) mass is 348 g/mol. The van der Waals surface area contributed by atoms with E-state index in [-0.39, 0.29) is 0 Å². The zero-order valence-electron chi connectivity index (χ0n) is 4.73. The van der Waals surface area contributed by atoms with E-state index in [9.17, 15) is 0 Å². The Balaban J connectivity index is 2.61. The lowest BCUT2D eigenvalue weighted by Crippen LogP contribution is -1.78. The maximum Gasteiger partial charge on any atom is 0.163 e. The summed E-state index contributed by atoms with van der Waals surface area (Å²) in [6.07, 6.45) is 1.05. The fraction of sp³-hybridized carbons (Fsp3) is 0.333. The average molecular weight is 348 g/mol. The maximum atomic E-state index is 5.31. The van der Waals surface area contributed by atoms with Gasteiger partial charge < -0.3 is 4.42 Å². The van der Waals surface area contributed by atoms with Gasteiger partial charge in [0.2, 0.25) is 0 Å². The molecular weight excluding hydrogens is 342 g/mol. The normalized spacial score (nSPS) is 10.0. The molecule has 0 aromatic carbocycles. The van der Waals surface area contributed by atoms with Gasteiger partial charge in [-0.25, -0.2) is 0 Å². The van der Waals surface area contributed by atoms with Crippen molar-refractivity contribution in [3.8, 4) is 0 Å². The highest BCUT2D eigenvalue weighted by Gasteiger charge is 1.95. The second-order valence-electron chi connectivity index (χ2n) is 1.64. The number of hydrogen-bond donors (Lipinski definition) is 0. The van der Waals surface area contributed by atoms with Gasteiger partial charge in [-0.1, -0.05) is 22.6 Å². The minimum Gasteiger partial charge on any atom is -0.455 e. The number of rotatable bonds is 2. The Kier molecular flexibility index (Phi) is 3.31. The first-order chi connectivity index (χ1) is 4.33. The molecule has 0 unspecified atom stereocenters. The highest BCUT2D eigenvalue weighted by atomic mass is 127. The molecule has 0 fully saturated rings. The minimum absolute atomic E-state index is 0.979. The molecule has 1 aromatic heterocycles. The van der Waals surface area contributed by atoms with Gasteiger partial charge in [0.1, 0.15) is 5.76 Å². The van der Waals surface area contributed by atoms with Gasteiger partial charge >= 0.3 is 0 Å². The molecule has 1 aromatic rings. The van der Waals surface area contributed by atoms with Crippen LogP contribution in [0.5, 0.6) is 0 Å². The third-order valence-corrected chi connectivity index (χ3v) is 2.09. The summed E-state index contributed by atoms with van der Waals surface area (Å²) in [5.41, 5.74) is 0. The molecule has 3 heteroatoms. The van der Waals surface area contributed by atoms with Crippen LogP contribution in [0.1, 0.15) is 5.76 Å². The van der Waals surface area contributed by atoms with Gasteiger partial charge in [-0.3, -0.25) is 0 Å². The predicted octanol–water partition coefficient (Wildman–Crippen LogP) is 2.86.